The second-order valence-corrected chi connectivity index (χ2v) is 8.42. The highest BCUT2D eigenvalue weighted by atomic mass is 16.5. The van der Waals surface area contributed by atoms with E-state index in [9.17, 15) is 14.7 Å². The van der Waals surface area contributed by atoms with Crippen LogP contribution in [0.3, 0.4) is 0 Å². The summed E-state index contributed by atoms with van der Waals surface area (Å²) in [5.41, 5.74) is 3.44. The second-order valence-electron chi connectivity index (χ2n) is 8.42. The molecular weight excluding hydrogens is 418 g/mol. The predicted octanol–water partition coefficient (Wildman–Crippen LogP) is 4.84. The van der Waals surface area contributed by atoms with E-state index in [4.69, 9.17) is 9.47 Å². The first-order valence-electron chi connectivity index (χ1n) is 11.5. The predicted molar refractivity (Wildman–Crippen MR) is 128 cm³/mol. The van der Waals surface area contributed by atoms with Crippen molar-refractivity contribution in [2.75, 3.05) is 26.9 Å². The van der Waals surface area contributed by atoms with Crippen molar-refractivity contribution in [2.24, 2.45) is 0 Å². The van der Waals surface area contributed by atoms with Crippen molar-refractivity contribution < 1.29 is 24.2 Å². The molecule has 0 radical (unpaired) electrons. The quantitative estimate of drug-likeness (QED) is 0.335. The molecule has 1 N–H and O–H groups in total. The molecule has 0 aromatic heterocycles. The highest BCUT2D eigenvalue weighted by molar-refractivity contribution is 6.46. The average Bonchev–Trinajstić information content (AvgIpc) is 3.07. The number of nitrogens with zero attached hydrogens (tertiary/aromatic N) is 1. The SMILES string of the molecule is CCOc1ccc(/C(O)=C2/C(=O)C(=O)N(CCOC)C2c2ccc(CC)cc2)cc1C(C)C. The largest absolute Gasteiger partial charge is 0.507 e. The molecule has 1 fully saturated rings. The van der Waals surface area contributed by atoms with E-state index in [1.807, 2.05) is 51.1 Å². The summed E-state index contributed by atoms with van der Waals surface area (Å²) < 4.78 is 10.9. The average molecular weight is 452 g/mol. The Morgan fingerprint density at radius 1 is 1.09 bits per heavy atom. The van der Waals surface area contributed by atoms with E-state index >= 15 is 0 Å². The van der Waals surface area contributed by atoms with Gasteiger partial charge in [0.1, 0.15) is 11.5 Å². The van der Waals surface area contributed by atoms with Crippen molar-refractivity contribution >= 4 is 17.4 Å². The van der Waals surface area contributed by atoms with E-state index in [0.29, 0.717) is 12.2 Å². The van der Waals surface area contributed by atoms with Gasteiger partial charge >= 0.3 is 0 Å². The van der Waals surface area contributed by atoms with Crippen molar-refractivity contribution in [2.45, 2.75) is 46.1 Å². The number of carbonyl (C=O) groups excluding carboxylic acids is 2. The molecule has 33 heavy (non-hydrogen) atoms. The van der Waals surface area contributed by atoms with E-state index < -0.39 is 17.7 Å². The number of likely N-dealkylation sites (tertiary alicyclic amines) is 1. The molecule has 1 heterocycles. The summed E-state index contributed by atoms with van der Waals surface area (Å²) in [6.45, 7) is 9.14. The number of ketones is 1. The highest BCUT2D eigenvalue weighted by Crippen LogP contribution is 2.40. The number of ether oxygens (including phenoxy) is 2. The minimum atomic E-state index is -0.687. The number of aliphatic hydroxyl groups excluding tert-OH is 1. The van der Waals surface area contributed by atoms with Crippen molar-refractivity contribution in [3.05, 3.63) is 70.3 Å². The van der Waals surface area contributed by atoms with Gasteiger partial charge in [-0.15, -0.1) is 0 Å². The van der Waals surface area contributed by atoms with Crippen LogP contribution in [0, 0.1) is 0 Å². The summed E-state index contributed by atoms with van der Waals surface area (Å²) in [6, 6.07) is 12.5. The first kappa shape index (κ1) is 24.5. The highest BCUT2D eigenvalue weighted by Gasteiger charge is 2.45. The summed E-state index contributed by atoms with van der Waals surface area (Å²) in [5.74, 6) is -0.596. The van der Waals surface area contributed by atoms with Gasteiger partial charge in [0.25, 0.3) is 11.7 Å². The van der Waals surface area contributed by atoms with Gasteiger partial charge in [-0.2, -0.15) is 0 Å². The first-order chi connectivity index (χ1) is 15.8. The van der Waals surface area contributed by atoms with Gasteiger partial charge in [0.15, 0.2) is 0 Å². The van der Waals surface area contributed by atoms with Crippen LogP contribution >= 0.6 is 0 Å². The second kappa shape index (κ2) is 10.7. The summed E-state index contributed by atoms with van der Waals surface area (Å²) >= 11 is 0. The fourth-order valence-corrected chi connectivity index (χ4v) is 4.17. The maximum atomic E-state index is 13.1. The molecule has 2 aromatic rings. The molecule has 1 unspecified atom stereocenters. The summed E-state index contributed by atoms with van der Waals surface area (Å²) in [6.07, 6.45) is 0.883. The number of rotatable bonds is 9. The van der Waals surface area contributed by atoms with Crippen LogP contribution in [0.2, 0.25) is 0 Å². The van der Waals surface area contributed by atoms with Crippen LogP contribution in [0.5, 0.6) is 5.75 Å². The number of Topliss-reactive ketones (excluding diaryl/α,β-unsaturated/α-hetero) is 1. The lowest BCUT2D eigenvalue weighted by Gasteiger charge is -2.25. The summed E-state index contributed by atoms with van der Waals surface area (Å²) in [5, 5.41) is 11.3. The lowest BCUT2D eigenvalue weighted by molar-refractivity contribution is -0.140. The Hall–Kier alpha value is -3.12. The fourth-order valence-electron chi connectivity index (χ4n) is 4.17. The van der Waals surface area contributed by atoms with Crippen LogP contribution in [0.4, 0.5) is 0 Å². The molecular formula is C27H33NO5. The summed E-state index contributed by atoms with van der Waals surface area (Å²) in [4.78, 5) is 27.5. The summed E-state index contributed by atoms with van der Waals surface area (Å²) in [7, 11) is 1.55. The molecule has 1 aliphatic heterocycles. The number of aryl methyl sites for hydroxylation is 1. The van der Waals surface area contributed by atoms with Gasteiger partial charge < -0.3 is 19.5 Å². The Bertz CT molecular complexity index is 1040. The number of carbonyl (C=O) groups is 2. The van der Waals surface area contributed by atoms with Crippen molar-refractivity contribution in [1.82, 2.24) is 4.90 Å². The van der Waals surface area contributed by atoms with Crippen molar-refractivity contribution in [1.29, 1.82) is 0 Å². The fraction of sp³-hybridized carbons (Fsp3) is 0.407. The minimum absolute atomic E-state index is 0.0965. The Morgan fingerprint density at radius 2 is 1.79 bits per heavy atom. The standard InChI is InChI=1S/C27H33NO5/c1-6-18-8-10-19(11-9-18)24-23(26(30)27(31)28(24)14-15-32-5)25(29)20-12-13-22(33-7-2)21(16-20)17(3)4/h8-13,16-17,24,29H,6-7,14-15H2,1-5H3/b25-23-. The maximum Gasteiger partial charge on any atom is 0.295 e. The number of amides is 1. The molecule has 0 aliphatic carbocycles. The molecule has 0 spiro atoms. The Kier molecular flexibility index (Phi) is 7.92. The number of aliphatic hydroxyl groups is 1. The van der Waals surface area contributed by atoms with Crippen LogP contribution in [0.25, 0.3) is 5.76 Å². The van der Waals surface area contributed by atoms with E-state index in [0.717, 1.165) is 28.9 Å². The van der Waals surface area contributed by atoms with E-state index in [1.165, 1.54) is 4.90 Å². The van der Waals surface area contributed by atoms with Gasteiger partial charge in [0.05, 0.1) is 24.8 Å². The van der Waals surface area contributed by atoms with Crippen molar-refractivity contribution in [3.8, 4) is 5.75 Å². The van der Waals surface area contributed by atoms with Crippen molar-refractivity contribution in [3.63, 3.8) is 0 Å². The van der Waals surface area contributed by atoms with Gasteiger partial charge in [-0.05, 0) is 54.2 Å². The van der Waals surface area contributed by atoms with Crippen LogP contribution in [-0.4, -0.2) is 48.6 Å². The molecule has 6 heteroatoms. The molecule has 2 aromatic carbocycles. The zero-order valence-electron chi connectivity index (χ0n) is 20.1. The normalized spacial score (nSPS) is 17.8. The van der Waals surface area contributed by atoms with E-state index in [2.05, 4.69) is 6.92 Å². The van der Waals surface area contributed by atoms with Gasteiger partial charge in [-0.3, -0.25) is 9.59 Å². The zero-order chi connectivity index (χ0) is 24.1. The zero-order valence-corrected chi connectivity index (χ0v) is 20.1. The van der Waals surface area contributed by atoms with Gasteiger partial charge in [0, 0.05) is 19.2 Å². The minimum Gasteiger partial charge on any atom is -0.507 e. The molecule has 1 saturated heterocycles. The Labute approximate surface area is 195 Å². The maximum absolute atomic E-state index is 13.1. The number of benzene rings is 2. The third-order valence-electron chi connectivity index (χ3n) is 5.99. The molecule has 1 amide bonds. The van der Waals surface area contributed by atoms with E-state index in [-0.39, 0.29) is 30.4 Å². The Balaban J connectivity index is 2.16. The molecule has 176 valence electrons. The number of methoxy groups -OCH3 is 1. The molecule has 1 aliphatic rings. The monoisotopic (exact) mass is 451 g/mol. The third kappa shape index (κ3) is 4.96. The lowest BCUT2D eigenvalue weighted by Crippen LogP contribution is -2.32. The van der Waals surface area contributed by atoms with Crippen LogP contribution in [0.15, 0.2) is 48.0 Å². The van der Waals surface area contributed by atoms with Crippen LogP contribution in [-0.2, 0) is 20.7 Å². The Morgan fingerprint density at radius 3 is 2.36 bits per heavy atom. The van der Waals surface area contributed by atoms with Crippen LogP contribution < -0.4 is 4.74 Å². The third-order valence-corrected chi connectivity index (χ3v) is 5.99. The number of hydrogen-bond donors (Lipinski definition) is 1. The van der Waals surface area contributed by atoms with Crippen LogP contribution in [0.1, 0.15) is 61.9 Å². The van der Waals surface area contributed by atoms with Gasteiger partial charge in [-0.25, -0.2) is 0 Å². The van der Waals surface area contributed by atoms with Gasteiger partial charge in [-0.1, -0.05) is 45.0 Å². The number of hydrogen-bond acceptors (Lipinski definition) is 5. The lowest BCUT2D eigenvalue weighted by atomic mass is 9.92. The molecule has 0 saturated carbocycles. The molecule has 0 bridgehead atoms. The van der Waals surface area contributed by atoms with Gasteiger partial charge in [0.2, 0.25) is 0 Å². The molecule has 3 rings (SSSR count). The molecule has 1 atom stereocenters. The molecule has 6 nitrogen and oxygen atoms in total. The topological polar surface area (TPSA) is 76.1 Å². The first-order valence-corrected chi connectivity index (χ1v) is 11.5. The smallest absolute Gasteiger partial charge is 0.295 e. The van der Waals surface area contributed by atoms with E-state index in [1.54, 1.807) is 19.2 Å².